The number of hydrogen-bond donors (Lipinski definition) is 1. The summed E-state index contributed by atoms with van der Waals surface area (Å²) in [5.41, 5.74) is 7.88. The van der Waals surface area contributed by atoms with E-state index in [0.29, 0.717) is 12.5 Å². The van der Waals surface area contributed by atoms with Gasteiger partial charge in [0, 0.05) is 6.54 Å². The van der Waals surface area contributed by atoms with Crippen LogP contribution in [0.4, 0.5) is 4.39 Å². The Kier molecular flexibility index (Phi) is 2.90. The van der Waals surface area contributed by atoms with E-state index < -0.39 is 0 Å². The van der Waals surface area contributed by atoms with Gasteiger partial charge in [0.1, 0.15) is 5.82 Å². The van der Waals surface area contributed by atoms with Gasteiger partial charge >= 0.3 is 0 Å². The number of aromatic nitrogens is 2. The first-order valence-corrected chi connectivity index (χ1v) is 6.64. The molecule has 4 heteroatoms. The topological polar surface area (TPSA) is 43.8 Å². The SMILES string of the molecule is CC(CN)(C1CC1)n1cncc1-c1ccc(F)cc1. The van der Waals surface area contributed by atoms with Crippen molar-refractivity contribution in [1.82, 2.24) is 9.55 Å². The highest BCUT2D eigenvalue weighted by atomic mass is 19.1. The average Bonchev–Trinajstić information content (AvgIpc) is 3.17. The number of nitrogens with zero attached hydrogens (tertiary/aromatic N) is 2. The first-order chi connectivity index (χ1) is 9.15. The standard InChI is InChI=1S/C15H18FN3/c1-15(9-17,12-4-5-12)19-10-18-8-14(19)11-2-6-13(16)7-3-11/h2-3,6-8,10,12H,4-5,9,17H2,1H3. The maximum Gasteiger partial charge on any atom is 0.123 e. The molecule has 3 nitrogen and oxygen atoms in total. The van der Waals surface area contributed by atoms with Crippen molar-refractivity contribution in [3.8, 4) is 11.3 Å². The molecule has 19 heavy (non-hydrogen) atoms. The summed E-state index contributed by atoms with van der Waals surface area (Å²) in [6.07, 6.45) is 6.09. The van der Waals surface area contributed by atoms with E-state index in [4.69, 9.17) is 5.73 Å². The van der Waals surface area contributed by atoms with Gasteiger partial charge in [-0.1, -0.05) is 0 Å². The largest absolute Gasteiger partial charge is 0.328 e. The second-order valence-corrected chi connectivity index (χ2v) is 5.49. The van der Waals surface area contributed by atoms with E-state index >= 15 is 0 Å². The molecule has 2 aromatic rings. The molecule has 100 valence electrons. The summed E-state index contributed by atoms with van der Waals surface area (Å²) >= 11 is 0. The Morgan fingerprint density at radius 3 is 2.63 bits per heavy atom. The number of halogens is 1. The Balaban J connectivity index is 2.04. The van der Waals surface area contributed by atoms with Gasteiger partial charge in [-0.3, -0.25) is 0 Å². The fraction of sp³-hybridized carbons (Fsp3) is 0.400. The predicted octanol–water partition coefficient (Wildman–Crippen LogP) is 2.77. The number of nitrogens with two attached hydrogens (primary N) is 1. The molecule has 1 heterocycles. The molecular weight excluding hydrogens is 241 g/mol. The monoisotopic (exact) mass is 259 g/mol. The van der Waals surface area contributed by atoms with E-state index in [2.05, 4.69) is 16.5 Å². The van der Waals surface area contributed by atoms with Crippen LogP contribution in [-0.2, 0) is 5.54 Å². The van der Waals surface area contributed by atoms with Crippen molar-refractivity contribution in [2.45, 2.75) is 25.3 Å². The second kappa shape index (κ2) is 4.46. The minimum atomic E-state index is -0.224. The van der Waals surface area contributed by atoms with Crippen LogP contribution in [0.5, 0.6) is 0 Å². The van der Waals surface area contributed by atoms with Crippen molar-refractivity contribution in [1.29, 1.82) is 0 Å². The van der Waals surface area contributed by atoms with Gasteiger partial charge in [0.15, 0.2) is 0 Å². The molecule has 1 fully saturated rings. The lowest BCUT2D eigenvalue weighted by Crippen LogP contribution is -2.40. The molecule has 0 saturated heterocycles. The summed E-state index contributed by atoms with van der Waals surface area (Å²) < 4.78 is 15.2. The highest BCUT2D eigenvalue weighted by molar-refractivity contribution is 5.59. The minimum absolute atomic E-state index is 0.0970. The van der Waals surface area contributed by atoms with Crippen LogP contribution in [0, 0.1) is 11.7 Å². The first-order valence-electron chi connectivity index (χ1n) is 6.64. The Labute approximate surface area is 112 Å². The zero-order valence-corrected chi connectivity index (χ0v) is 11.0. The number of imidazole rings is 1. The van der Waals surface area contributed by atoms with Crippen molar-refractivity contribution in [3.63, 3.8) is 0 Å². The lowest BCUT2D eigenvalue weighted by molar-refractivity contribution is 0.284. The third kappa shape index (κ3) is 2.06. The van der Waals surface area contributed by atoms with E-state index in [9.17, 15) is 4.39 Å². The van der Waals surface area contributed by atoms with Crippen LogP contribution in [-0.4, -0.2) is 16.1 Å². The average molecular weight is 259 g/mol. The van der Waals surface area contributed by atoms with Gasteiger partial charge in [-0.05, 0) is 55.5 Å². The number of rotatable bonds is 4. The van der Waals surface area contributed by atoms with Crippen LogP contribution in [0.2, 0.25) is 0 Å². The summed E-state index contributed by atoms with van der Waals surface area (Å²) in [6, 6.07) is 6.52. The van der Waals surface area contributed by atoms with Gasteiger partial charge in [-0.25, -0.2) is 9.37 Å². The molecule has 0 bridgehead atoms. The van der Waals surface area contributed by atoms with Gasteiger partial charge in [0.2, 0.25) is 0 Å². The minimum Gasteiger partial charge on any atom is -0.328 e. The molecule has 2 N–H and O–H groups in total. The van der Waals surface area contributed by atoms with Crippen LogP contribution in [0.25, 0.3) is 11.3 Å². The summed E-state index contributed by atoms with van der Waals surface area (Å²) in [6.45, 7) is 2.77. The predicted molar refractivity (Wildman–Crippen MR) is 73.0 cm³/mol. The van der Waals surface area contributed by atoms with E-state index in [1.165, 1.54) is 25.0 Å². The first kappa shape index (κ1) is 12.4. The fourth-order valence-corrected chi connectivity index (χ4v) is 2.70. The quantitative estimate of drug-likeness (QED) is 0.917. The highest BCUT2D eigenvalue weighted by Gasteiger charge is 2.42. The van der Waals surface area contributed by atoms with Crippen molar-refractivity contribution < 1.29 is 4.39 Å². The smallest absolute Gasteiger partial charge is 0.123 e. The van der Waals surface area contributed by atoms with E-state index in [1.807, 2.05) is 12.5 Å². The highest BCUT2D eigenvalue weighted by Crippen LogP contribution is 2.45. The molecular formula is C15H18FN3. The molecule has 1 aromatic carbocycles. The third-order valence-corrected chi connectivity index (χ3v) is 4.20. The molecule has 1 unspecified atom stereocenters. The molecule has 1 aliphatic carbocycles. The normalized spacial score (nSPS) is 18.3. The number of benzene rings is 1. The summed E-state index contributed by atoms with van der Waals surface area (Å²) in [5, 5.41) is 0. The third-order valence-electron chi connectivity index (χ3n) is 4.20. The van der Waals surface area contributed by atoms with Crippen molar-refractivity contribution in [2.75, 3.05) is 6.54 Å². The maximum absolute atomic E-state index is 13.0. The van der Waals surface area contributed by atoms with E-state index in [1.54, 1.807) is 12.1 Å². The Morgan fingerprint density at radius 1 is 1.37 bits per heavy atom. The van der Waals surface area contributed by atoms with Crippen molar-refractivity contribution >= 4 is 0 Å². The maximum atomic E-state index is 13.0. The van der Waals surface area contributed by atoms with Crippen LogP contribution in [0.3, 0.4) is 0 Å². The Hall–Kier alpha value is -1.68. The second-order valence-electron chi connectivity index (χ2n) is 5.49. The van der Waals surface area contributed by atoms with Crippen LogP contribution < -0.4 is 5.73 Å². The molecule has 0 spiro atoms. The Bertz CT molecular complexity index is 571. The van der Waals surface area contributed by atoms with E-state index in [0.717, 1.165) is 11.3 Å². The van der Waals surface area contributed by atoms with Crippen LogP contribution >= 0.6 is 0 Å². The van der Waals surface area contributed by atoms with Gasteiger partial charge in [-0.15, -0.1) is 0 Å². The van der Waals surface area contributed by atoms with Crippen LogP contribution in [0.15, 0.2) is 36.8 Å². The lowest BCUT2D eigenvalue weighted by atomic mass is 9.94. The van der Waals surface area contributed by atoms with Crippen molar-refractivity contribution in [3.05, 3.63) is 42.6 Å². The van der Waals surface area contributed by atoms with Gasteiger partial charge in [0.25, 0.3) is 0 Å². The van der Waals surface area contributed by atoms with Gasteiger partial charge < -0.3 is 10.3 Å². The van der Waals surface area contributed by atoms with Crippen molar-refractivity contribution in [2.24, 2.45) is 11.7 Å². The molecule has 3 rings (SSSR count). The molecule has 0 radical (unpaired) electrons. The lowest BCUT2D eigenvalue weighted by Gasteiger charge is -2.32. The van der Waals surface area contributed by atoms with Crippen LogP contribution in [0.1, 0.15) is 19.8 Å². The zero-order valence-electron chi connectivity index (χ0n) is 11.0. The van der Waals surface area contributed by atoms with Gasteiger partial charge in [0.05, 0.1) is 23.8 Å². The summed E-state index contributed by atoms with van der Waals surface area (Å²) in [5.74, 6) is 0.393. The van der Waals surface area contributed by atoms with E-state index in [-0.39, 0.29) is 11.4 Å². The fourth-order valence-electron chi connectivity index (χ4n) is 2.70. The Morgan fingerprint density at radius 2 is 2.05 bits per heavy atom. The molecule has 1 saturated carbocycles. The zero-order chi connectivity index (χ0) is 13.5. The molecule has 0 amide bonds. The summed E-state index contributed by atoms with van der Waals surface area (Å²) in [7, 11) is 0. The molecule has 0 aliphatic heterocycles. The summed E-state index contributed by atoms with van der Waals surface area (Å²) in [4.78, 5) is 4.26. The molecule has 1 aromatic heterocycles. The molecule has 1 atom stereocenters. The number of hydrogen-bond acceptors (Lipinski definition) is 2. The van der Waals surface area contributed by atoms with Gasteiger partial charge in [-0.2, -0.15) is 0 Å². The molecule has 1 aliphatic rings.